The number of carbonyl (C=O) groups excluding carboxylic acids is 1. The molecule has 2 N–H and O–H groups in total. The molecule has 2 aromatic heterocycles. The third-order valence-electron chi connectivity index (χ3n) is 2.39. The number of hydrogen-bond donors (Lipinski definition) is 2. The first kappa shape index (κ1) is 12.5. The van der Waals surface area contributed by atoms with Crippen LogP contribution in [0, 0.1) is 0 Å². The van der Waals surface area contributed by atoms with Crippen molar-refractivity contribution < 1.29 is 14.6 Å². The molecule has 0 radical (unpaired) electrons. The molecule has 0 aliphatic heterocycles. The van der Waals surface area contributed by atoms with Crippen molar-refractivity contribution in [3.05, 3.63) is 40.3 Å². The van der Waals surface area contributed by atoms with Crippen molar-refractivity contribution in [1.29, 1.82) is 0 Å². The van der Waals surface area contributed by atoms with E-state index in [1.807, 2.05) is 0 Å². The number of methoxy groups -OCH3 is 1. The van der Waals surface area contributed by atoms with Gasteiger partial charge in [-0.25, -0.2) is 0 Å². The number of aliphatic hydroxyl groups is 1. The predicted molar refractivity (Wildman–Crippen MR) is 69.0 cm³/mol. The van der Waals surface area contributed by atoms with Gasteiger partial charge in [0.2, 0.25) is 0 Å². The quantitative estimate of drug-likeness (QED) is 0.884. The molecule has 0 aliphatic rings. The zero-order valence-electron chi connectivity index (χ0n) is 9.71. The summed E-state index contributed by atoms with van der Waals surface area (Å²) in [5.41, 5.74) is 1.12. The topological polar surface area (TPSA) is 71.5 Å². The SMILES string of the molecule is COc1ccsc1C(=O)Nc1cnccc1CO. The van der Waals surface area contributed by atoms with Crippen LogP contribution in [0.2, 0.25) is 0 Å². The number of nitrogens with one attached hydrogen (secondary N) is 1. The summed E-state index contributed by atoms with van der Waals surface area (Å²) in [7, 11) is 1.52. The van der Waals surface area contributed by atoms with Crippen molar-refractivity contribution in [3.8, 4) is 5.75 Å². The zero-order valence-corrected chi connectivity index (χ0v) is 10.5. The molecule has 0 fully saturated rings. The molecule has 0 bridgehead atoms. The van der Waals surface area contributed by atoms with E-state index in [-0.39, 0.29) is 12.5 Å². The zero-order chi connectivity index (χ0) is 13.0. The molecule has 0 saturated heterocycles. The number of amides is 1. The molecular formula is C12H12N2O3S. The minimum atomic E-state index is -0.274. The fourth-order valence-electron chi connectivity index (χ4n) is 1.48. The van der Waals surface area contributed by atoms with E-state index in [4.69, 9.17) is 9.84 Å². The molecule has 0 atom stereocenters. The summed E-state index contributed by atoms with van der Waals surface area (Å²) in [6.45, 7) is -0.153. The Balaban J connectivity index is 2.21. The highest BCUT2D eigenvalue weighted by Gasteiger charge is 2.15. The lowest BCUT2D eigenvalue weighted by molar-refractivity contribution is 0.102. The summed E-state index contributed by atoms with van der Waals surface area (Å²) in [5.74, 6) is 0.261. The highest BCUT2D eigenvalue weighted by molar-refractivity contribution is 7.12. The first-order valence-electron chi connectivity index (χ1n) is 5.23. The number of carbonyl (C=O) groups is 1. The van der Waals surface area contributed by atoms with E-state index in [2.05, 4.69) is 10.3 Å². The van der Waals surface area contributed by atoms with Gasteiger partial charge in [-0.2, -0.15) is 0 Å². The molecule has 6 heteroatoms. The largest absolute Gasteiger partial charge is 0.495 e. The van der Waals surface area contributed by atoms with Gasteiger partial charge in [0.1, 0.15) is 10.6 Å². The van der Waals surface area contributed by atoms with Gasteiger partial charge in [-0.3, -0.25) is 9.78 Å². The average molecular weight is 264 g/mol. The van der Waals surface area contributed by atoms with Gasteiger partial charge in [0.25, 0.3) is 5.91 Å². The molecule has 0 saturated carbocycles. The summed E-state index contributed by atoms with van der Waals surface area (Å²) >= 11 is 1.29. The highest BCUT2D eigenvalue weighted by atomic mass is 32.1. The van der Waals surface area contributed by atoms with E-state index in [0.717, 1.165) is 0 Å². The Hall–Kier alpha value is -1.92. The second-order valence-corrected chi connectivity index (χ2v) is 4.38. The molecule has 94 valence electrons. The summed E-state index contributed by atoms with van der Waals surface area (Å²) in [6.07, 6.45) is 3.07. The van der Waals surface area contributed by atoms with Crippen LogP contribution in [-0.4, -0.2) is 23.1 Å². The molecule has 0 spiro atoms. The number of pyridine rings is 1. The third kappa shape index (κ3) is 2.49. The molecule has 2 aromatic rings. The van der Waals surface area contributed by atoms with Gasteiger partial charge in [0, 0.05) is 11.8 Å². The number of thiophene rings is 1. The van der Waals surface area contributed by atoms with Gasteiger partial charge in [0.15, 0.2) is 0 Å². The Bertz CT molecular complexity index is 554. The standard InChI is InChI=1S/C12H12N2O3S/c1-17-10-3-5-18-11(10)12(16)14-9-6-13-4-2-8(9)7-15/h2-6,15H,7H2,1H3,(H,14,16). The molecule has 1 amide bonds. The van der Waals surface area contributed by atoms with Crippen molar-refractivity contribution in [3.63, 3.8) is 0 Å². The van der Waals surface area contributed by atoms with Crippen LogP contribution in [0.15, 0.2) is 29.9 Å². The van der Waals surface area contributed by atoms with Gasteiger partial charge in [-0.15, -0.1) is 11.3 Å². The number of rotatable bonds is 4. The molecule has 18 heavy (non-hydrogen) atoms. The fraction of sp³-hybridized carbons (Fsp3) is 0.167. The third-order valence-corrected chi connectivity index (χ3v) is 3.28. The number of anilines is 1. The van der Waals surface area contributed by atoms with Crippen LogP contribution in [0.3, 0.4) is 0 Å². The lowest BCUT2D eigenvalue weighted by atomic mass is 10.2. The minimum Gasteiger partial charge on any atom is -0.495 e. The van der Waals surface area contributed by atoms with E-state index >= 15 is 0 Å². The first-order chi connectivity index (χ1) is 8.76. The van der Waals surface area contributed by atoms with Gasteiger partial charge in [-0.05, 0) is 17.5 Å². The number of nitrogens with zero attached hydrogens (tertiary/aromatic N) is 1. The van der Waals surface area contributed by atoms with Crippen LogP contribution >= 0.6 is 11.3 Å². The summed E-state index contributed by atoms with van der Waals surface area (Å²) in [4.78, 5) is 16.4. The molecule has 0 aliphatic carbocycles. The number of hydrogen-bond acceptors (Lipinski definition) is 5. The monoisotopic (exact) mass is 264 g/mol. The molecule has 0 unspecified atom stereocenters. The maximum Gasteiger partial charge on any atom is 0.269 e. The van der Waals surface area contributed by atoms with Crippen LogP contribution < -0.4 is 10.1 Å². The molecule has 2 rings (SSSR count). The second kappa shape index (κ2) is 5.61. The van der Waals surface area contributed by atoms with E-state index in [0.29, 0.717) is 21.9 Å². The number of aromatic nitrogens is 1. The predicted octanol–water partition coefficient (Wildman–Crippen LogP) is 1.90. The number of ether oxygens (including phenoxy) is 1. The van der Waals surface area contributed by atoms with E-state index in [1.54, 1.807) is 23.7 Å². The van der Waals surface area contributed by atoms with Crippen molar-refractivity contribution in [2.45, 2.75) is 6.61 Å². The minimum absolute atomic E-state index is 0.153. The average Bonchev–Trinajstić information content (AvgIpc) is 2.87. The normalized spacial score (nSPS) is 10.1. The maximum atomic E-state index is 12.0. The van der Waals surface area contributed by atoms with E-state index in [9.17, 15) is 4.79 Å². The van der Waals surface area contributed by atoms with Crippen LogP contribution in [0.4, 0.5) is 5.69 Å². The molecule has 5 nitrogen and oxygen atoms in total. The molecule has 0 aromatic carbocycles. The van der Waals surface area contributed by atoms with Crippen molar-refractivity contribution in [1.82, 2.24) is 4.98 Å². The fourth-order valence-corrected chi connectivity index (χ4v) is 2.23. The van der Waals surface area contributed by atoms with E-state index in [1.165, 1.54) is 24.6 Å². The maximum absolute atomic E-state index is 12.0. The van der Waals surface area contributed by atoms with Crippen LogP contribution in [0.5, 0.6) is 5.75 Å². The Morgan fingerprint density at radius 1 is 1.56 bits per heavy atom. The van der Waals surface area contributed by atoms with Crippen molar-refractivity contribution >= 4 is 22.9 Å². The van der Waals surface area contributed by atoms with Gasteiger partial charge < -0.3 is 15.2 Å². The van der Waals surface area contributed by atoms with Gasteiger partial charge in [0.05, 0.1) is 25.6 Å². The Labute approximate surface area is 108 Å². The Morgan fingerprint density at radius 3 is 3.11 bits per heavy atom. The smallest absolute Gasteiger partial charge is 0.269 e. The summed E-state index contributed by atoms with van der Waals surface area (Å²) in [6, 6.07) is 3.39. The Morgan fingerprint density at radius 2 is 2.39 bits per heavy atom. The summed E-state index contributed by atoms with van der Waals surface area (Å²) in [5, 5.41) is 13.7. The highest BCUT2D eigenvalue weighted by Crippen LogP contribution is 2.25. The number of aliphatic hydroxyl groups excluding tert-OH is 1. The van der Waals surface area contributed by atoms with Crippen molar-refractivity contribution in [2.24, 2.45) is 0 Å². The second-order valence-electron chi connectivity index (χ2n) is 3.46. The van der Waals surface area contributed by atoms with Crippen LogP contribution in [0.1, 0.15) is 15.2 Å². The van der Waals surface area contributed by atoms with Crippen molar-refractivity contribution in [2.75, 3.05) is 12.4 Å². The Kier molecular flexibility index (Phi) is 3.91. The molecular weight excluding hydrogens is 252 g/mol. The van der Waals surface area contributed by atoms with E-state index < -0.39 is 0 Å². The van der Waals surface area contributed by atoms with Crippen LogP contribution in [0.25, 0.3) is 0 Å². The lowest BCUT2D eigenvalue weighted by Gasteiger charge is -2.08. The molecule has 2 heterocycles. The van der Waals surface area contributed by atoms with Gasteiger partial charge >= 0.3 is 0 Å². The summed E-state index contributed by atoms with van der Waals surface area (Å²) < 4.78 is 5.09. The van der Waals surface area contributed by atoms with Crippen LogP contribution in [-0.2, 0) is 6.61 Å². The lowest BCUT2D eigenvalue weighted by Crippen LogP contribution is -2.13. The first-order valence-corrected chi connectivity index (χ1v) is 6.10. The van der Waals surface area contributed by atoms with Gasteiger partial charge in [-0.1, -0.05) is 0 Å².